The smallest absolute Gasteiger partial charge is 0.273 e. The van der Waals surface area contributed by atoms with Crippen molar-refractivity contribution in [2.24, 2.45) is 7.05 Å². The van der Waals surface area contributed by atoms with Crippen molar-refractivity contribution < 1.29 is 9.59 Å². The van der Waals surface area contributed by atoms with E-state index in [1.807, 2.05) is 33.0 Å². The molecule has 0 aliphatic carbocycles. The number of amides is 1. The van der Waals surface area contributed by atoms with E-state index in [-0.39, 0.29) is 5.91 Å². The quantitative estimate of drug-likeness (QED) is 0.247. The van der Waals surface area contributed by atoms with Crippen LogP contribution in [-0.4, -0.2) is 39.0 Å². The van der Waals surface area contributed by atoms with Crippen molar-refractivity contribution >= 4 is 52.0 Å². The molecule has 4 aromatic rings. The number of hydrogen-bond donors (Lipinski definition) is 3. The van der Waals surface area contributed by atoms with Gasteiger partial charge < -0.3 is 19.9 Å². The molecule has 3 N–H and O–H groups in total. The molecule has 0 atom stereocenters. The lowest BCUT2D eigenvalue weighted by molar-refractivity contribution is 0.101. The van der Waals surface area contributed by atoms with Gasteiger partial charge in [0.15, 0.2) is 0 Å². The van der Waals surface area contributed by atoms with Crippen LogP contribution in [0.25, 0.3) is 0 Å². The first-order chi connectivity index (χ1) is 16.4. The van der Waals surface area contributed by atoms with Crippen LogP contribution in [0, 0.1) is 13.8 Å². The van der Waals surface area contributed by atoms with Gasteiger partial charge in [0.25, 0.3) is 5.91 Å². The molecule has 4 rings (SSSR count). The molecule has 9 nitrogen and oxygen atoms in total. The van der Waals surface area contributed by atoms with E-state index in [0.717, 1.165) is 32.6 Å². The van der Waals surface area contributed by atoms with Crippen LogP contribution in [-0.2, 0) is 7.05 Å². The molecule has 176 valence electrons. The molecular formula is C23H25N7O2S2. The Morgan fingerprint density at radius 2 is 1.88 bits per heavy atom. The molecule has 11 heteroatoms. The number of carbonyl (C=O) groups is 2. The maximum atomic E-state index is 12.0. The number of imidazole rings is 1. The maximum absolute atomic E-state index is 12.0. The molecule has 0 aliphatic rings. The van der Waals surface area contributed by atoms with Gasteiger partial charge >= 0.3 is 0 Å². The van der Waals surface area contributed by atoms with Crippen LogP contribution in [0.1, 0.15) is 31.4 Å². The topological polar surface area (TPSA) is 114 Å². The van der Waals surface area contributed by atoms with Crippen molar-refractivity contribution in [3.63, 3.8) is 0 Å². The third kappa shape index (κ3) is 6.90. The standard InChI is InChI=1S/C13H13N3O2.C10H12N4S2/c1-9-3-4-10(7-17)5-11(9)15-13(18)12-6-14-8-16(12)2;1-7-12-13-10(15-7)14-16-9-5-3-8(11-2)4-6-9/h3-8H,1-2H3,(H,15,18);3-6,11H,1-2H3,(H,13,14). The van der Waals surface area contributed by atoms with E-state index in [4.69, 9.17) is 0 Å². The second kappa shape index (κ2) is 12.0. The fourth-order valence-electron chi connectivity index (χ4n) is 2.74. The predicted octanol–water partition coefficient (Wildman–Crippen LogP) is 4.80. The summed E-state index contributed by atoms with van der Waals surface area (Å²) < 4.78 is 4.79. The molecule has 0 saturated heterocycles. The molecule has 34 heavy (non-hydrogen) atoms. The Balaban J connectivity index is 0.000000192. The summed E-state index contributed by atoms with van der Waals surface area (Å²) in [6.45, 7) is 3.81. The minimum Gasteiger partial charge on any atom is -0.388 e. The van der Waals surface area contributed by atoms with Crippen molar-refractivity contribution in [3.8, 4) is 0 Å². The Bertz CT molecular complexity index is 1250. The first kappa shape index (κ1) is 24.9. The van der Waals surface area contributed by atoms with Gasteiger partial charge in [-0.15, -0.1) is 10.2 Å². The van der Waals surface area contributed by atoms with Crippen molar-refractivity contribution in [2.45, 2.75) is 18.7 Å². The Labute approximate surface area is 206 Å². The van der Waals surface area contributed by atoms with E-state index in [2.05, 4.69) is 42.7 Å². The summed E-state index contributed by atoms with van der Waals surface area (Å²) in [6, 6.07) is 13.3. The van der Waals surface area contributed by atoms with Crippen molar-refractivity contribution in [1.82, 2.24) is 19.7 Å². The number of carbonyl (C=O) groups excluding carboxylic acids is 2. The van der Waals surface area contributed by atoms with Crippen LogP contribution < -0.4 is 15.4 Å². The third-order valence-electron chi connectivity index (χ3n) is 4.62. The Morgan fingerprint density at radius 3 is 2.47 bits per heavy atom. The number of aldehydes is 1. The molecule has 0 spiro atoms. The first-order valence-corrected chi connectivity index (χ1v) is 11.9. The largest absolute Gasteiger partial charge is 0.388 e. The molecule has 0 fully saturated rings. The molecule has 0 unspecified atom stereocenters. The zero-order valence-corrected chi connectivity index (χ0v) is 20.8. The van der Waals surface area contributed by atoms with E-state index in [0.29, 0.717) is 16.9 Å². The van der Waals surface area contributed by atoms with Crippen LogP contribution in [0.5, 0.6) is 0 Å². The van der Waals surface area contributed by atoms with Crippen LogP contribution in [0.4, 0.5) is 16.5 Å². The summed E-state index contributed by atoms with van der Waals surface area (Å²) in [4.78, 5) is 27.7. The summed E-state index contributed by atoms with van der Waals surface area (Å²) in [7, 11) is 3.65. The molecule has 0 saturated carbocycles. The van der Waals surface area contributed by atoms with Gasteiger partial charge in [0, 0.05) is 35.9 Å². The van der Waals surface area contributed by atoms with Crippen LogP contribution in [0.3, 0.4) is 0 Å². The van der Waals surface area contributed by atoms with Gasteiger partial charge in [-0.2, -0.15) is 0 Å². The SMILES string of the molecule is CNc1ccc(SNc2nnc(C)s2)cc1.Cc1ccc(C=O)cc1NC(=O)c1cncn1C. The average molecular weight is 496 g/mol. The number of aromatic nitrogens is 4. The van der Waals surface area contributed by atoms with E-state index in [1.54, 1.807) is 47.5 Å². The molecule has 2 aromatic heterocycles. The van der Waals surface area contributed by atoms with Crippen LogP contribution in [0.2, 0.25) is 0 Å². The molecule has 2 heterocycles. The second-order valence-corrected chi connectivity index (χ2v) is 9.20. The number of anilines is 3. The molecule has 1 amide bonds. The van der Waals surface area contributed by atoms with Crippen LogP contribution >= 0.6 is 23.3 Å². The molecule has 0 bridgehead atoms. The lowest BCUT2D eigenvalue weighted by Crippen LogP contribution is -2.16. The minimum atomic E-state index is -0.249. The van der Waals surface area contributed by atoms with Crippen molar-refractivity contribution in [2.75, 3.05) is 22.4 Å². The summed E-state index contributed by atoms with van der Waals surface area (Å²) in [5, 5.41) is 15.6. The molecule has 0 aliphatic heterocycles. The number of nitrogens with zero attached hydrogens (tertiary/aromatic N) is 4. The number of aryl methyl sites for hydroxylation is 3. The van der Waals surface area contributed by atoms with Crippen LogP contribution in [0.15, 0.2) is 59.9 Å². The Kier molecular flexibility index (Phi) is 8.77. The maximum Gasteiger partial charge on any atom is 0.273 e. The highest BCUT2D eigenvalue weighted by molar-refractivity contribution is 8.00. The summed E-state index contributed by atoms with van der Waals surface area (Å²) >= 11 is 3.08. The molecule has 2 aromatic carbocycles. The Hall–Kier alpha value is -3.70. The third-order valence-corrected chi connectivity index (χ3v) is 6.31. The Morgan fingerprint density at radius 1 is 1.12 bits per heavy atom. The first-order valence-electron chi connectivity index (χ1n) is 10.2. The molecular weight excluding hydrogens is 470 g/mol. The predicted molar refractivity (Wildman–Crippen MR) is 138 cm³/mol. The summed E-state index contributed by atoms with van der Waals surface area (Å²) in [5.74, 6) is -0.249. The minimum absolute atomic E-state index is 0.249. The van der Waals surface area contributed by atoms with Gasteiger partial charge in [-0.3, -0.25) is 9.59 Å². The highest BCUT2D eigenvalue weighted by Crippen LogP contribution is 2.24. The second-order valence-electron chi connectivity index (χ2n) is 7.14. The number of benzene rings is 2. The van der Waals surface area contributed by atoms with E-state index >= 15 is 0 Å². The van der Waals surface area contributed by atoms with Gasteiger partial charge in [-0.1, -0.05) is 23.5 Å². The van der Waals surface area contributed by atoms with Gasteiger partial charge in [0.2, 0.25) is 5.13 Å². The van der Waals surface area contributed by atoms with Gasteiger partial charge in [0.1, 0.15) is 17.0 Å². The number of rotatable bonds is 7. The van der Waals surface area contributed by atoms with Gasteiger partial charge in [-0.25, -0.2) is 4.98 Å². The monoisotopic (exact) mass is 495 g/mol. The summed E-state index contributed by atoms with van der Waals surface area (Å²) in [5.41, 5.74) is 3.63. The zero-order chi connectivity index (χ0) is 24.5. The normalized spacial score (nSPS) is 10.1. The van der Waals surface area contributed by atoms with E-state index < -0.39 is 0 Å². The van der Waals surface area contributed by atoms with E-state index in [1.165, 1.54) is 18.1 Å². The number of nitrogens with one attached hydrogen (secondary N) is 3. The lowest BCUT2D eigenvalue weighted by Gasteiger charge is -2.09. The van der Waals surface area contributed by atoms with Crippen molar-refractivity contribution in [1.29, 1.82) is 0 Å². The fraction of sp³-hybridized carbons (Fsp3) is 0.174. The van der Waals surface area contributed by atoms with Gasteiger partial charge in [0.05, 0.1) is 12.5 Å². The van der Waals surface area contributed by atoms with E-state index in [9.17, 15) is 9.59 Å². The zero-order valence-electron chi connectivity index (χ0n) is 19.2. The summed E-state index contributed by atoms with van der Waals surface area (Å²) in [6.07, 6.45) is 3.80. The van der Waals surface area contributed by atoms with Crippen molar-refractivity contribution in [3.05, 3.63) is 76.8 Å². The number of hydrogen-bond acceptors (Lipinski definition) is 9. The highest BCUT2D eigenvalue weighted by Gasteiger charge is 2.11. The van der Waals surface area contributed by atoms with Gasteiger partial charge in [-0.05, 0) is 61.7 Å². The lowest BCUT2D eigenvalue weighted by atomic mass is 10.1. The average Bonchev–Trinajstić information content (AvgIpc) is 3.47. The highest BCUT2D eigenvalue weighted by atomic mass is 32.2. The fourth-order valence-corrected chi connectivity index (χ4v) is 3.99. The molecule has 0 radical (unpaired) electrons.